The third kappa shape index (κ3) is 2.94. The average Bonchev–Trinajstić information content (AvgIpc) is 2.81. The predicted molar refractivity (Wildman–Crippen MR) is 73.0 cm³/mol. The van der Waals surface area contributed by atoms with Gasteiger partial charge in [0.05, 0.1) is 4.88 Å². The molecule has 0 spiro atoms. The van der Waals surface area contributed by atoms with Gasteiger partial charge in [0.25, 0.3) is 0 Å². The topological polar surface area (TPSA) is 20.3 Å². The molecule has 2 nitrogen and oxygen atoms in total. The van der Waals surface area contributed by atoms with E-state index < -0.39 is 0 Å². The van der Waals surface area contributed by atoms with Crippen LogP contribution in [0.15, 0.2) is 35.7 Å². The average molecular weight is 245 g/mol. The fourth-order valence-corrected chi connectivity index (χ4v) is 2.41. The third-order valence-corrected chi connectivity index (χ3v) is 3.55. The van der Waals surface area contributed by atoms with Crippen LogP contribution >= 0.6 is 11.3 Å². The highest BCUT2D eigenvalue weighted by Gasteiger charge is 2.05. The Balaban J connectivity index is 2.08. The van der Waals surface area contributed by atoms with E-state index >= 15 is 0 Å². The molecule has 0 saturated carbocycles. The molecule has 1 aromatic heterocycles. The Morgan fingerprint density at radius 1 is 1.29 bits per heavy atom. The van der Waals surface area contributed by atoms with E-state index in [0.29, 0.717) is 0 Å². The largest absolute Gasteiger partial charge is 0.370 e. The molecule has 88 valence electrons. The Hall–Kier alpha value is -1.61. The van der Waals surface area contributed by atoms with E-state index in [4.69, 9.17) is 0 Å². The van der Waals surface area contributed by atoms with Crippen molar-refractivity contribution in [2.75, 3.05) is 11.9 Å². The number of nitrogens with zero attached hydrogens (tertiary/aromatic N) is 1. The lowest BCUT2D eigenvalue weighted by molar-refractivity contribution is 0.112. The second-order valence-electron chi connectivity index (χ2n) is 4.17. The van der Waals surface area contributed by atoms with E-state index in [-0.39, 0.29) is 0 Å². The molecule has 0 atom stereocenters. The van der Waals surface area contributed by atoms with Gasteiger partial charge in [-0.3, -0.25) is 4.79 Å². The zero-order chi connectivity index (χ0) is 12.3. The summed E-state index contributed by atoms with van der Waals surface area (Å²) in [5, 5.41) is 2.01. The van der Waals surface area contributed by atoms with Crippen LogP contribution in [-0.4, -0.2) is 13.3 Å². The Kier molecular flexibility index (Phi) is 3.59. The van der Waals surface area contributed by atoms with Crippen molar-refractivity contribution in [3.63, 3.8) is 0 Å². The van der Waals surface area contributed by atoms with Gasteiger partial charge >= 0.3 is 0 Å². The van der Waals surface area contributed by atoms with Gasteiger partial charge in [-0.2, -0.15) is 0 Å². The van der Waals surface area contributed by atoms with Gasteiger partial charge in [-0.25, -0.2) is 0 Å². The van der Waals surface area contributed by atoms with Crippen molar-refractivity contribution in [2.45, 2.75) is 13.5 Å². The highest BCUT2D eigenvalue weighted by molar-refractivity contribution is 7.12. The number of carbonyl (C=O) groups excluding carboxylic acids is 1. The van der Waals surface area contributed by atoms with Gasteiger partial charge in [-0.15, -0.1) is 11.3 Å². The minimum Gasteiger partial charge on any atom is -0.370 e. The Morgan fingerprint density at radius 3 is 2.59 bits per heavy atom. The summed E-state index contributed by atoms with van der Waals surface area (Å²) >= 11 is 1.48. The van der Waals surface area contributed by atoms with Crippen molar-refractivity contribution in [1.82, 2.24) is 0 Å². The monoisotopic (exact) mass is 245 g/mol. The summed E-state index contributed by atoms with van der Waals surface area (Å²) in [4.78, 5) is 13.6. The van der Waals surface area contributed by atoms with Gasteiger partial charge in [-0.05, 0) is 18.6 Å². The molecule has 0 aliphatic carbocycles. The highest BCUT2D eigenvalue weighted by Crippen LogP contribution is 2.22. The molecule has 2 aromatic rings. The highest BCUT2D eigenvalue weighted by atomic mass is 32.1. The SMILES string of the molecule is Cc1ccc(CN(C)c2csc(C=O)c2)cc1. The zero-order valence-electron chi connectivity index (χ0n) is 10.0. The van der Waals surface area contributed by atoms with Crippen molar-refractivity contribution in [3.8, 4) is 0 Å². The Labute approximate surface area is 106 Å². The molecular formula is C14H15NOS. The molecule has 0 saturated heterocycles. The summed E-state index contributed by atoms with van der Waals surface area (Å²) in [5.74, 6) is 0. The Bertz CT molecular complexity index is 501. The van der Waals surface area contributed by atoms with Crippen LogP contribution in [0.1, 0.15) is 20.8 Å². The fourth-order valence-electron chi connectivity index (χ4n) is 1.66. The van der Waals surface area contributed by atoms with Crippen LogP contribution in [-0.2, 0) is 6.54 Å². The molecule has 0 aliphatic rings. The molecular weight excluding hydrogens is 230 g/mol. The first-order chi connectivity index (χ1) is 8.19. The first-order valence-corrected chi connectivity index (χ1v) is 6.37. The summed E-state index contributed by atoms with van der Waals surface area (Å²) in [6, 6.07) is 10.4. The zero-order valence-corrected chi connectivity index (χ0v) is 10.8. The number of anilines is 1. The van der Waals surface area contributed by atoms with Crippen LogP contribution in [0.5, 0.6) is 0 Å². The van der Waals surface area contributed by atoms with Crippen LogP contribution in [0.3, 0.4) is 0 Å². The summed E-state index contributed by atoms with van der Waals surface area (Å²) in [6.07, 6.45) is 0.897. The maximum atomic E-state index is 10.6. The van der Waals surface area contributed by atoms with Crippen LogP contribution in [0.2, 0.25) is 0 Å². The lowest BCUT2D eigenvalue weighted by Gasteiger charge is -2.17. The number of aryl methyl sites for hydroxylation is 1. The minimum absolute atomic E-state index is 0.774. The molecule has 17 heavy (non-hydrogen) atoms. The smallest absolute Gasteiger partial charge is 0.160 e. The standard InChI is InChI=1S/C14H15NOS/c1-11-3-5-12(6-4-11)8-15(2)13-7-14(9-16)17-10-13/h3-7,9-10H,8H2,1-2H3. The number of hydrogen-bond donors (Lipinski definition) is 0. The second-order valence-corrected chi connectivity index (χ2v) is 5.11. The maximum Gasteiger partial charge on any atom is 0.160 e. The van der Waals surface area contributed by atoms with Crippen LogP contribution in [0.25, 0.3) is 0 Å². The molecule has 3 heteroatoms. The van der Waals surface area contributed by atoms with E-state index in [1.54, 1.807) is 0 Å². The van der Waals surface area contributed by atoms with E-state index in [2.05, 4.69) is 36.1 Å². The quantitative estimate of drug-likeness (QED) is 0.768. The third-order valence-electron chi connectivity index (χ3n) is 2.70. The number of thiophene rings is 1. The van der Waals surface area contributed by atoms with E-state index in [0.717, 1.165) is 23.4 Å². The lowest BCUT2D eigenvalue weighted by Crippen LogP contribution is -2.15. The lowest BCUT2D eigenvalue weighted by atomic mass is 10.1. The van der Waals surface area contributed by atoms with Crippen molar-refractivity contribution >= 4 is 23.3 Å². The molecule has 0 amide bonds. The summed E-state index contributed by atoms with van der Waals surface area (Å²) in [5.41, 5.74) is 3.64. The van der Waals surface area contributed by atoms with Crippen LogP contribution < -0.4 is 4.90 Å². The summed E-state index contributed by atoms with van der Waals surface area (Å²) in [6.45, 7) is 2.94. The van der Waals surface area contributed by atoms with E-state index in [9.17, 15) is 4.79 Å². The van der Waals surface area contributed by atoms with Gasteiger partial charge in [0, 0.05) is 24.7 Å². The molecule has 0 fully saturated rings. The summed E-state index contributed by atoms with van der Waals surface area (Å²) in [7, 11) is 2.04. The van der Waals surface area contributed by atoms with E-state index in [1.807, 2.05) is 18.5 Å². The first kappa shape index (κ1) is 11.9. The van der Waals surface area contributed by atoms with Crippen molar-refractivity contribution < 1.29 is 4.79 Å². The maximum absolute atomic E-state index is 10.6. The van der Waals surface area contributed by atoms with Crippen molar-refractivity contribution in [1.29, 1.82) is 0 Å². The molecule has 0 aliphatic heterocycles. The minimum atomic E-state index is 0.774. The van der Waals surface area contributed by atoms with Gasteiger partial charge in [0.2, 0.25) is 0 Å². The van der Waals surface area contributed by atoms with Gasteiger partial charge < -0.3 is 4.90 Å². The molecule has 0 bridgehead atoms. The van der Waals surface area contributed by atoms with Crippen molar-refractivity contribution in [2.24, 2.45) is 0 Å². The first-order valence-electron chi connectivity index (χ1n) is 5.49. The predicted octanol–water partition coefficient (Wildman–Crippen LogP) is 3.51. The molecule has 0 N–H and O–H groups in total. The Morgan fingerprint density at radius 2 is 2.00 bits per heavy atom. The molecule has 1 heterocycles. The van der Waals surface area contributed by atoms with Crippen molar-refractivity contribution in [3.05, 3.63) is 51.7 Å². The number of benzene rings is 1. The van der Waals surface area contributed by atoms with Gasteiger partial charge in [-0.1, -0.05) is 29.8 Å². The number of aldehydes is 1. The molecule has 1 aromatic carbocycles. The van der Waals surface area contributed by atoms with Gasteiger partial charge in [0.1, 0.15) is 0 Å². The second kappa shape index (κ2) is 5.15. The van der Waals surface area contributed by atoms with Crippen LogP contribution in [0, 0.1) is 6.92 Å². The summed E-state index contributed by atoms with van der Waals surface area (Å²) < 4.78 is 0. The molecule has 0 radical (unpaired) electrons. The molecule has 0 unspecified atom stereocenters. The fraction of sp³-hybridized carbons (Fsp3) is 0.214. The molecule has 2 rings (SSSR count). The number of carbonyl (C=O) groups is 1. The van der Waals surface area contributed by atoms with Crippen LogP contribution in [0.4, 0.5) is 5.69 Å². The number of rotatable bonds is 4. The van der Waals surface area contributed by atoms with Gasteiger partial charge in [0.15, 0.2) is 6.29 Å². The van der Waals surface area contributed by atoms with E-state index in [1.165, 1.54) is 22.5 Å². The number of hydrogen-bond acceptors (Lipinski definition) is 3. The normalized spacial score (nSPS) is 10.2.